The Morgan fingerprint density at radius 3 is 1.00 bits per heavy atom. The summed E-state index contributed by atoms with van der Waals surface area (Å²) >= 11 is -3.00. The number of hydrogen-bond donors (Lipinski definition) is 0. The molecule has 3 aliphatic rings. The Hall–Kier alpha value is 0.322. The minimum atomic E-state index is -3.00. The molecule has 0 saturated carbocycles. The second-order valence-corrected chi connectivity index (χ2v) is 15.7. The van der Waals surface area contributed by atoms with E-state index in [9.17, 15) is 13.7 Å². The fourth-order valence-electron chi connectivity index (χ4n) is 2.42. The molecule has 0 spiro atoms. The van der Waals surface area contributed by atoms with E-state index in [1.807, 2.05) is 0 Å². The molecule has 3 aliphatic heterocycles. The van der Waals surface area contributed by atoms with Gasteiger partial charge in [-0.05, 0) is 0 Å². The van der Waals surface area contributed by atoms with Gasteiger partial charge in [-0.1, -0.05) is 36.5 Å². The van der Waals surface area contributed by atoms with Crippen molar-refractivity contribution in [3.8, 4) is 0 Å². The first kappa shape index (κ1) is 17.2. The molecular weight excluding hydrogens is 360 g/mol. The zero-order chi connectivity index (χ0) is 15.7. The first-order chi connectivity index (χ1) is 10.4. The second-order valence-electron chi connectivity index (χ2n) is 5.56. The molecule has 0 radical (unpaired) electrons. The lowest BCUT2D eigenvalue weighted by Gasteiger charge is -2.24. The zero-order valence-corrected chi connectivity index (χ0v) is 15.9. The van der Waals surface area contributed by atoms with Crippen molar-refractivity contribution >= 4 is 37.3 Å². The lowest BCUT2D eigenvalue weighted by molar-refractivity contribution is 0.310. The second kappa shape index (κ2) is 6.67. The Balaban J connectivity index is 1.71. The molecule has 0 aliphatic carbocycles. The molecule has 3 heterocycles. The topological polar surface area (TPSA) is 78.9 Å². The third-order valence-electron chi connectivity index (χ3n) is 3.64. The summed E-state index contributed by atoms with van der Waals surface area (Å²) in [6, 6.07) is 0. The highest BCUT2D eigenvalue weighted by Crippen LogP contribution is 2.59. The molecule has 0 aromatic heterocycles. The standard InChI is InChI=1S/3C4H7O2P.Al/c3*5-7(6)3-1-2-4-7;/h3*1-2H,3-4H2,(H,5,6);/q;;;+3/p-3. The molecule has 0 N–H and O–H groups in total. The summed E-state index contributed by atoms with van der Waals surface area (Å²) in [4.78, 5) is 0. The van der Waals surface area contributed by atoms with Crippen LogP contribution in [0.2, 0.25) is 0 Å². The van der Waals surface area contributed by atoms with E-state index < -0.39 is 37.3 Å². The van der Waals surface area contributed by atoms with Crippen molar-refractivity contribution in [3.63, 3.8) is 0 Å². The summed E-state index contributed by atoms with van der Waals surface area (Å²) in [5.41, 5.74) is 0. The van der Waals surface area contributed by atoms with Crippen molar-refractivity contribution in [1.29, 1.82) is 0 Å². The number of hydrogen-bond acceptors (Lipinski definition) is 6. The quantitative estimate of drug-likeness (QED) is 0.400. The highest BCUT2D eigenvalue weighted by molar-refractivity contribution is 7.64. The molecule has 0 unspecified atom stereocenters. The Morgan fingerprint density at radius 2 is 0.773 bits per heavy atom. The van der Waals surface area contributed by atoms with E-state index in [4.69, 9.17) is 10.7 Å². The molecule has 0 amide bonds. The van der Waals surface area contributed by atoms with Gasteiger partial charge in [-0.25, -0.2) is 0 Å². The van der Waals surface area contributed by atoms with Gasteiger partial charge in [0.05, 0.1) is 0 Å². The summed E-state index contributed by atoms with van der Waals surface area (Å²) in [6.07, 6.45) is 12.7. The average Bonchev–Trinajstić information content (AvgIpc) is 3.13. The molecule has 3 rings (SSSR count). The molecular formula is C12H18AlO6P3. The lowest BCUT2D eigenvalue weighted by atomic mass is 10.6. The van der Waals surface area contributed by atoms with Crippen molar-refractivity contribution in [2.45, 2.75) is 0 Å². The largest absolute Gasteiger partial charge is 0.921 e. The summed E-state index contributed by atoms with van der Waals surface area (Å²) in [5.74, 6) is 0. The highest BCUT2D eigenvalue weighted by Gasteiger charge is 2.49. The molecule has 6 nitrogen and oxygen atoms in total. The molecule has 0 aromatic carbocycles. The summed E-state index contributed by atoms with van der Waals surface area (Å²) in [7, 11) is -8.65. The summed E-state index contributed by atoms with van der Waals surface area (Å²) < 4.78 is 54.6. The monoisotopic (exact) mass is 378 g/mol. The SMILES string of the molecule is O=P1([O][Al]([O]P2(=O)CC=CC2)[O]P2(=O)CC=CC2)CC=CC1. The van der Waals surface area contributed by atoms with Crippen LogP contribution in [0.4, 0.5) is 0 Å². The molecule has 10 heteroatoms. The van der Waals surface area contributed by atoms with Crippen LogP contribution in [0.15, 0.2) is 36.5 Å². The predicted molar refractivity (Wildman–Crippen MR) is 88.5 cm³/mol. The summed E-state index contributed by atoms with van der Waals surface area (Å²) in [6.45, 7) is 0. The van der Waals surface area contributed by atoms with Crippen LogP contribution >= 0.6 is 22.1 Å². The Labute approximate surface area is 135 Å². The van der Waals surface area contributed by atoms with Gasteiger partial charge in [0.1, 0.15) is 0 Å². The van der Waals surface area contributed by atoms with Gasteiger partial charge in [-0.15, -0.1) is 0 Å². The van der Waals surface area contributed by atoms with E-state index in [0.29, 0.717) is 37.0 Å². The Bertz CT molecular complexity index is 543. The third kappa shape index (κ3) is 4.24. The smallest absolute Gasteiger partial charge is 0.405 e. The van der Waals surface area contributed by atoms with Crippen LogP contribution in [0, 0.1) is 0 Å². The number of allylic oxidation sites excluding steroid dienone is 6. The first-order valence-electron chi connectivity index (χ1n) is 7.15. The van der Waals surface area contributed by atoms with Crippen LogP contribution in [0.25, 0.3) is 0 Å². The van der Waals surface area contributed by atoms with Gasteiger partial charge < -0.3 is 10.7 Å². The van der Waals surface area contributed by atoms with Crippen molar-refractivity contribution in [2.75, 3.05) is 37.0 Å². The van der Waals surface area contributed by atoms with Gasteiger partial charge in [0.15, 0.2) is 22.1 Å². The van der Waals surface area contributed by atoms with Gasteiger partial charge in [0.2, 0.25) is 0 Å². The molecule has 0 aromatic rings. The molecule has 0 fully saturated rings. The van der Waals surface area contributed by atoms with E-state index in [1.54, 1.807) is 36.5 Å². The van der Waals surface area contributed by atoms with Gasteiger partial charge in [0, 0.05) is 37.0 Å². The summed E-state index contributed by atoms with van der Waals surface area (Å²) in [5, 5.41) is 0. The maximum atomic E-state index is 12.6. The minimum absolute atomic E-state index is 0.328. The maximum Gasteiger partial charge on any atom is 0.921 e. The van der Waals surface area contributed by atoms with Crippen LogP contribution in [-0.2, 0) is 24.4 Å². The maximum absolute atomic E-state index is 12.6. The first-order valence-corrected chi connectivity index (χ1v) is 14.5. The van der Waals surface area contributed by atoms with Crippen LogP contribution < -0.4 is 0 Å². The van der Waals surface area contributed by atoms with Gasteiger partial charge >= 0.3 is 15.1 Å². The van der Waals surface area contributed by atoms with E-state index in [0.717, 1.165) is 0 Å². The number of rotatable bonds is 6. The Kier molecular flexibility index (Phi) is 5.20. The Morgan fingerprint density at radius 1 is 0.545 bits per heavy atom. The zero-order valence-electron chi connectivity index (χ0n) is 12.1. The highest BCUT2D eigenvalue weighted by atomic mass is 31.2. The van der Waals surface area contributed by atoms with Gasteiger partial charge in [-0.3, -0.25) is 13.7 Å². The fourth-order valence-corrected chi connectivity index (χ4v) is 13.0. The molecule has 120 valence electrons. The van der Waals surface area contributed by atoms with Gasteiger partial charge in [-0.2, -0.15) is 0 Å². The van der Waals surface area contributed by atoms with Crippen LogP contribution in [0.1, 0.15) is 0 Å². The molecule has 22 heavy (non-hydrogen) atoms. The third-order valence-corrected chi connectivity index (χ3v) is 14.9. The molecule has 0 saturated heterocycles. The van der Waals surface area contributed by atoms with E-state index in [2.05, 4.69) is 0 Å². The molecule has 0 atom stereocenters. The van der Waals surface area contributed by atoms with E-state index in [-0.39, 0.29) is 0 Å². The molecule has 0 bridgehead atoms. The normalized spacial score (nSPS) is 26.7. The van der Waals surface area contributed by atoms with Crippen molar-refractivity contribution in [2.24, 2.45) is 0 Å². The van der Waals surface area contributed by atoms with E-state index >= 15 is 0 Å². The van der Waals surface area contributed by atoms with E-state index in [1.165, 1.54) is 0 Å². The van der Waals surface area contributed by atoms with Crippen LogP contribution in [0.3, 0.4) is 0 Å². The lowest BCUT2D eigenvalue weighted by Crippen LogP contribution is -2.25. The van der Waals surface area contributed by atoms with Crippen molar-refractivity contribution in [1.82, 2.24) is 0 Å². The van der Waals surface area contributed by atoms with Crippen molar-refractivity contribution < 1.29 is 24.4 Å². The average molecular weight is 378 g/mol. The van der Waals surface area contributed by atoms with Crippen molar-refractivity contribution in [3.05, 3.63) is 36.5 Å². The van der Waals surface area contributed by atoms with Gasteiger partial charge in [0.25, 0.3) is 0 Å². The fraction of sp³-hybridized carbons (Fsp3) is 0.500. The predicted octanol–water partition coefficient (Wildman–Crippen LogP) is 3.56. The van der Waals surface area contributed by atoms with Crippen LogP contribution in [0.5, 0.6) is 0 Å². The van der Waals surface area contributed by atoms with Crippen LogP contribution in [-0.4, -0.2) is 52.1 Å². The minimum Gasteiger partial charge on any atom is -0.405 e.